The van der Waals surface area contributed by atoms with E-state index < -0.39 is 0 Å². The Morgan fingerprint density at radius 3 is 2.72 bits per heavy atom. The van der Waals surface area contributed by atoms with Gasteiger partial charge in [-0.3, -0.25) is 0 Å². The number of fused-ring (bicyclic) bond motifs is 1. The lowest BCUT2D eigenvalue weighted by atomic mass is 9.89. The molecule has 1 aliphatic rings. The zero-order valence-electron chi connectivity index (χ0n) is 10.2. The fourth-order valence-electron chi connectivity index (χ4n) is 2.66. The summed E-state index contributed by atoms with van der Waals surface area (Å²) in [6.45, 7) is 0.850. The van der Waals surface area contributed by atoms with Crippen LogP contribution in [0.3, 0.4) is 0 Å². The highest BCUT2D eigenvalue weighted by Gasteiger charge is 2.20. The first-order valence-electron chi connectivity index (χ1n) is 6.38. The predicted octanol–water partition coefficient (Wildman–Crippen LogP) is 3.65. The molecule has 3 rings (SSSR count). The number of hydrogen-bond donors (Lipinski definition) is 1. The van der Waals surface area contributed by atoms with Gasteiger partial charge in [-0.15, -0.1) is 0 Å². The molecule has 2 aromatic carbocycles. The maximum absolute atomic E-state index is 13.6. The van der Waals surface area contributed by atoms with E-state index in [1.54, 1.807) is 6.07 Å². The molecule has 18 heavy (non-hydrogen) atoms. The first-order chi connectivity index (χ1) is 8.83. The standard InChI is InChI=1S/C16H16FN/c17-15-8-4-7-14-10-13(11-18-16(14)15)9-12-5-2-1-3-6-12/h1-8,13,18H,9-11H2. The predicted molar refractivity (Wildman–Crippen MR) is 72.2 cm³/mol. The Kier molecular flexibility index (Phi) is 3.01. The highest BCUT2D eigenvalue weighted by atomic mass is 19.1. The van der Waals surface area contributed by atoms with Crippen molar-refractivity contribution in [2.24, 2.45) is 5.92 Å². The molecular formula is C16H16FN. The van der Waals surface area contributed by atoms with Crippen LogP contribution < -0.4 is 5.32 Å². The molecule has 92 valence electrons. The quantitative estimate of drug-likeness (QED) is 0.846. The molecule has 0 aliphatic carbocycles. The number of hydrogen-bond acceptors (Lipinski definition) is 1. The third kappa shape index (κ3) is 2.23. The number of halogens is 1. The summed E-state index contributed by atoms with van der Waals surface area (Å²) in [5.41, 5.74) is 3.15. The van der Waals surface area contributed by atoms with Crippen molar-refractivity contribution in [1.82, 2.24) is 0 Å². The summed E-state index contributed by atoms with van der Waals surface area (Å²) in [5, 5.41) is 3.23. The Morgan fingerprint density at radius 2 is 1.89 bits per heavy atom. The maximum atomic E-state index is 13.6. The minimum absolute atomic E-state index is 0.134. The Balaban J connectivity index is 1.76. The van der Waals surface area contributed by atoms with E-state index in [4.69, 9.17) is 0 Å². The molecular weight excluding hydrogens is 225 g/mol. The fraction of sp³-hybridized carbons (Fsp3) is 0.250. The molecule has 1 N–H and O–H groups in total. The van der Waals surface area contributed by atoms with Gasteiger partial charge in [-0.1, -0.05) is 42.5 Å². The second-order valence-corrected chi connectivity index (χ2v) is 4.91. The van der Waals surface area contributed by atoms with Crippen molar-refractivity contribution >= 4 is 5.69 Å². The molecule has 2 heteroatoms. The van der Waals surface area contributed by atoms with Crippen LogP contribution in [0.15, 0.2) is 48.5 Å². The number of anilines is 1. The summed E-state index contributed by atoms with van der Waals surface area (Å²) in [4.78, 5) is 0. The molecule has 0 amide bonds. The van der Waals surface area contributed by atoms with Gasteiger partial charge in [-0.05, 0) is 36.0 Å². The van der Waals surface area contributed by atoms with Gasteiger partial charge < -0.3 is 5.32 Å². The lowest BCUT2D eigenvalue weighted by Gasteiger charge is -2.26. The number of para-hydroxylation sites is 1. The second-order valence-electron chi connectivity index (χ2n) is 4.91. The van der Waals surface area contributed by atoms with Gasteiger partial charge in [0.1, 0.15) is 5.82 Å². The third-order valence-corrected chi connectivity index (χ3v) is 3.54. The van der Waals surface area contributed by atoms with Crippen LogP contribution in [0.25, 0.3) is 0 Å². The lowest BCUT2D eigenvalue weighted by Crippen LogP contribution is -2.25. The molecule has 0 spiro atoms. The SMILES string of the molecule is Fc1cccc2c1NCC(Cc1ccccc1)C2. The summed E-state index contributed by atoms with van der Waals surface area (Å²) >= 11 is 0. The van der Waals surface area contributed by atoms with Gasteiger partial charge in [0.25, 0.3) is 0 Å². The van der Waals surface area contributed by atoms with E-state index in [1.807, 2.05) is 12.1 Å². The molecule has 1 atom stereocenters. The molecule has 0 aromatic heterocycles. The van der Waals surface area contributed by atoms with E-state index in [2.05, 4.69) is 29.6 Å². The number of nitrogens with one attached hydrogen (secondary N) is 1. The maximum Gasteiger partial charge on any atom is 0.146 e. The summed E-state index contributed by atoms with van der Waals surface area (Å²) in [7, 11) is 0. The van der Waals surface area contributed by atoms with Crippen LogP contribution in [0.4, 0.5) is 10.1 Å². The van der Waals surface area contributed by atoms with Crippen molar-refractivity contribution in [3.63, 3.8) is 0 Å². The van der Waals surface area contributed by atoms with E-state index in [1.165, 1.54) is 11.6 Å². The van der Waals surface area contributed by atoms with Crippen molar-refractivity contribution in [2.75, 3.05) is 11.9 Å². The molecule has 2 aromatic rings. The van der Waals surface area contributed by atoms with Crippen molar-refractivity contribution in [2.45, 2.75) is 12.8 Å². The van der Waals surface area contributed by atoms with Crippen molar-refractivity contribution in [3.05, 3.63) is 65.5 Å². The smallest absolute Gasteiger partial charge is 0.146 e. The summed E-state index contributed by atoms with van der Waals surface area (Å²) in [5.74, 6) is 0.410. The van der Waals surface area contributed by atoms with E-state index in [-0.39, 0.29) is 5.82 Å². The largest absolute Gasteiger partial charge is 0.382 e. The van der Waals surface area contributed by atoms with Crippen LogP contribution in [0.5, 0.6) is 0 Å². The number of rotatable bonds is 2. The van der Waals surface area contributed by atoms with Gasteiger partial charge in [-0.2, -0.15) is 0 Å². The van der Waals surface area contributed by atoms with Gasteiger partial charge in [0.2, 0.25) is 0 Å². The third-order valence-electron chi connectivity index (χ3n) is 3.54. The summed E-state index contributed by atoms with van der Waals surface area (Å²) in [6.07, 6.45) is 2.00. The van der Waals surface area contributed by atoms with Crippen LogP contribution in [-0.4, -0.2) is 6.54 Å². The van der Waals surface area contributed by atoms with Crippen LogP contribution in [0.2, 0.25) is 0 Å². The topological polar surface area (TPSA) is 12.0 Å². The molecule has 1 aliphatic heterocycles. The normalized spacial score (nSPS) is 17.9. The lowest BCUT2D eigenvalue weighted by molar-refractivity contribution is 0.525. The zero-order chi connectivity index (χ0) is 12.4. The Bertz CT molecular complexity index is 536. The number of benzene rings is 2. The highest BCUT2D eigenvalue weighted by molar-refractivity contribution is 5.54. The molecule has 0 radical (unpaired) electrons. The van der Waals surface area contributed by atoms with Crippen LogP contribution in [-0.2, 0) is 12.8 Å². The van der Waals surface area contributed by atoms with E-state index in [0.29, 0.717) is 11.6 Å². The van der Waals surface area contributed by atoms with Gasteiger partial charge in [0.05, 0.1) is 5.69 Å². The van der Waals surface area contributed by atoms with Crippen LogP contribution in [0, 0.1) is 11.7 Å². The first-order valence-corrected chi connectivity index (χ1v) is 6.38. The van der Waals surface area contributed by atoms with Crippen LogP contribution >= 0.6 is 0 Å². The molecule has 0 fully saturated rings. The second kappa shape index (κ2) is 4.81. The van der Waals surface area contributed by atoms with E-state index in [9.17, 15) is 4.39 Å². The molecule has 1 nitrogen and oxygen atoms in total. The monoisotopic (exact) mass is 241 g/mol. The minimum Gasteiger partial charge on any atom is -0.382 e. The molecule has 1 heterocycles. The Morgan fingerprint density at radius 1 is 1.06 bits per heavy atom. The molecule has 0 bridgehead atoms. The molecule has 0 saturated heterocycles. The van der Waals surface area contributed by atoms with Crippen molar-refractivity contribution in [3.8, 4) is 0 Å². The minimum atomic E-state index is -0.134. The summed E-state index contributed by atoms with van der Waals surface area (Å²) in [6, 6.07) is 15.8. The van der Waals surface area contributed by atoms with Crippen molar-refractivity contribution in [1.29, 1.82) is 0 Å². The average Bonchev–Trinajstić information content (AvgIpc) is 2.40. The Labute approximate surface area is 107 Å². The fourth-order valence-corrected chi connectivity index (χ4v) is 2.66. The average molecular weight is 241 g/mol. The Hall–Kier alpha value is -1.83. The van der Waals surface area contributed by atoms with Gasteiger partial charge in [0, 0.05) is 6.54 Å². The van der Waals surface area contributed by atoms with E-state index >= 15 is 0 Å². The zero-order valence-corrected chi connectivity index (χ0v) is 10.2. The highest BCUT2D eigenvalue weighted by Crippen LogP contribution is 2.28. The van der Waals surface area contributed by atoms with E-state index in [0.717, 1.165) is 24.9 Å². The summed E-state index contributed by atoms with van der Waals surface area (Å²) < 4.78 is 13.6. The van der Waals surface area contributed by atoms with Crippen molar-refractivity contribution < 1.29 is 4.39 Å². The first kappa shape index (κ1) is 11.3. The molecule has 0 saturated carbocycles. The van der Waals surface area contributed by atoms with Gasteiger partial charge in [0.15, 0.2) is 0 Å². The van der Waals surface area contributed by atoms with Crippen LogP contribution in [0.1, 0.15) is 11.1 Å². The molecule has 1 unspecified atom stereocenters. The van der Waals surface area contributed by atoms with Gasteiger partial charge >= 0.3 is 0 Å². The van der Waals surface area contributed by atoms with Gasteiger partial charge in [-0.25, -0.2) is 4.39 Å².